The molecule has 1 aliphatic heterocycles. The van der Waals surface area contributed by atoms with Crippen molar-refractivity contribution in [3.05, 3.63) is 0 Å². The fraction of sp³-hybridized carbons (Fsp3) is 0.941. The van der Waals surface area contributed by atoms with Gasteiger partial charge in [-0.25, -0.2) is 4.79 Å². The zero-order chi connectivity index (χ0) is 17.3. The Bertz CT molecular complexity index is 338. The summed E-state index contributed by atoms with van der Waals surface area (Å²) in [5.74, 6) is 0. The summed E-state index contributed by atoms with van der Waals surface area (Å²) in [6.45, 7) is 14.7. The molecule has 23 heavy (non-hydrogen) atoms. The van der Waals surface area contributed by atoms with E-state index in [0.717, 1.165) is 45.7 Å². The average molecular weight is 329 g/mol. The van der Waals surface area contributed by atoms with Crippen molar-refractivity contribution in [1.29, 1.82) is 0 Å². The Hall–Kier alpha value is -0.850. The highest BCUT2D eigenvalue weighted by molar-refractivity contribution is 5.68. The molecule has 0 bridgehead atoms. The Kier molecular flexibility index (Phi) is 8.87. The molecule has 2 atom stereocenters. The summed E-state index contributed by atoms with van der Waals surface area (Å²) in [5.41, 5.74) is -0.438. The van der Waals surface area contributed by atoms with Crippen molar-refractivity contribution < 1.29 is 14.3 Å². The van der Waals surface area contributed by atoms with E-state index in [0.29, 0.717) is 18.6 Å². The Morgan fingerprint density at radius 1 is 1.48 bits per heavy atom. The van der Waals surface area contributed by atoms with Gasteiger partial charge in [-0.1, -0.05) is 0 Å². The lowest BCUT2D eigenvalue weighted by atomic mass is 10.1. The number of hydrogen-bond donors (Lipinski definition) is 2. The molecular weight excluding hydrogens is 294 g/mol. The minimum atomic E-state index is -0.438. The lowest BCUT2D eigenvalue weighted by molar-refractivity contribution is 0.0258. The minimum absolute atomic E-state index is 0.225. The Morgan fingerprint density at radius 3 is 2.78 bits per heavy atom. The zero-order valence-electron chi connectivity index (χ0n) is 15.5. The van der Waals surface area contributed by atoms with E-state index in [9.17, 15) is 4.79 Å². The highest BCUT2D eigenvalue weighted by atomic mass is 16.6. The molecule has 2 unspecified atom stereocenters. The predicted octanol–water partition coefficient (Wildman–Crippen LogP) is 1.99. The van der Waals surface area contributed by atoms with Crippen molar-refractivity contribution in [2.24, 2.45) is 0 Å². The van der Waals surface area contributed by atoms with Crippen LogP contribution >= 0.6 is 0 Å². The van der Waals surface area contributed by atoms with Crippen LogP contribution in [0, 0.1) is 0 Å². The molecule has 1 aliphatic rings. The summed E-state index contributed by atoms with van der Waals surface area (Å²) < 4.78 is 10.9. The third-order valence-corrected chi connectivity index (χ3v) is 3.77. The first-order valence-corrected chi connectivity index (χ1v) is 8.84. The number of nitrogens with zero attached hydrogens (tertiary/aromatic N) is 1. The fourth-order valence-electron chi connectivity index (χ4n) is 2.60. The van der Waals surface area contributed by atoms with Crippen molar-refractivity contribution in [3.8, 4) is 0 Å². The lowest BCUT2D eigenvalue weighted by Crippen LogP contribution is -2.45. The van der Waals surface area contributed by atoms with Gasteiger partial charge in [-0.05, 0) is 54.0 Å². The van der Waals surface area contributed by atoms with E-state index < -0.39 is 5.60 Å². The highest BCUT2D eigenvalue weighted by Gasteiger charge is 2.21. The van der Waals surface area contributed by atoms with E-state index in [4.69, 9.17) is 9.47 Å². The van der Waals surface area contributed by atoms with Crippen LogP contribution in [0.5, 0.6) is 0 Å². The quantitative estimate of drug-likeness (QED) is 0.667. The topological polar surface area (TPSA) is 62.8 Å². The van der Waals surface area contributed by atoms with Crippen LogP contribution in [0.3, 0.4) is 0 Å². The van der Waals surface area contributed by atoms with Gasteiger partial charge in [0.05, 0.1) is 13.2 Å². The molecule has 0 aliphatic carbocycles. The molecule has 1 rings (SSSR count). The predicted molar refractivity (Wildman–Crippen MR) is 92.8 cm³/mol. The number of morpholine rings is 1. The van der Waals surface area contributed by atoms with E-state index in [2.05, 4.69) is 17.6 Å². The summed E-state index contributed by atoms with van der Waals surface area (Å²) in [4.78, 5) is 13.8. The van der Waals surface area contributed by atoms with Crippen LogP contribution in [-0.2, 0) is 9.47 Å². The number of carbonyl (C=O) groups excluding carboxylic acids is 1. The van der Waals surface area contributed by atoms with Crippen LogP contribution in [0.4, 0.5) is 4.79 Å². The highest BCUT2D eigenvalue weighted by Crippen LogP contribution is 2.10. The molecule has 0 radical (unpaired) electrons. The van der Waals surface area contributed by atoms with Crippen molar-refractivity contribution in [1.82, 2.24) is 15.5 Å². The molecule has 1 fully saturated rings. The van der Waals surface area contributed by atoms with Crippen LogP contribution in [-0.4, -0.2) is 68.1 Å². The van der Waals surface area contributed by atoms with Gasteiger partial charge in [0.1, 0.15) is 5.60 Å². The van der Waals surface area contributed by atoms with Gasteiger partial charge in [0.25, 0.3) is 0 Å². The van der Waals surface area contributed by atoms with Gasteiger partial charge in [-0.2, -0.15) is 0 Å². The maximum atomic E-state index is 12.0. The van der Waals surface area contributed by atoms with Crippen LogP contribution in [0.2, 0.25) is 0 Å². The summed E-state index contributed by atoms with van der Waals surface area (Å²) in [7, 11) is 0. The molecule has 6 nitrogen and oxygen atoms in total. The number of hydrogen-bond acceptors (Lipinski definition) is 5. The van der Waals surface area contributed by atoms with Crippen LogP contribution < -0.4 is 10.6 Å². The van der Waals surface area contributed by atoms with Crippen molar-refractivity contribution in [2.45, 2.75) is 65.1 Å². The molecular formula is C17H35N3O3. The molecule has 6 heteroatoms. The molecule has 2 N–H and O–H groups in total. The second kappa shape index (κ2) is 10.1. The van der Waals surface area contributed by atoms with Crippen molar-refractivity contribution >= 4 is 6.09 Å². The Labute approximate surface area is 141 Å². The normalized spacial score (nSPS) is 20.1. The van der Waals surface area contributed by atoms with E-state index in [1.54, 1.807) is 4.90 Å². The zero-order valence-corrected chi connectivity index (χ0v) is 15.5. The first-order chi connectivity index (χ1) is 10.8. The van der Waals surface area contributed by atoms with E-state index in [1.807, 2.05) is 27.7 Å². The second-order valence-electron chi connectivity index (χ2n) is 7.23. The molecule has 0 spiro atoms. The summed E-state index contributed by atoms with van der Waals surface area (Å²) in [6, 6.07) is 0.881. The number of amides is 1. The monoisotopic (exact) mass is 329 g/mol. The smallest absolute Gasteiger partial charge is 0.410 e. The van der Waals surface area contributed by atoms with Crippen LogP contribution in [0.25, 0.3) is 0 Å². The molecule has 1 heterocycles. The lowest BCUT2D eigenvalue weighted by Gasteiger charge is -2.28. The average Bonchev–Trinajstić information content (AvgIpc) is 2.46. The Morgan fingerprint density at radius 2 is 2.22 bits per heavy atom. The summed E-state index contributed by atoms with van der Waals surface area (Å²) in [6.07, 6.45) is 1.76. The molecule has 0 aromatic heterocycles. The maximum absolute atomic E-state index is 12.0. The third-order valence-electron chi connectivity index (χ3n) is 3.77. The molecule has 0 aromatic carbocycles. The summed E-state index contributed by atoms with van der Waals surface area (Å²) >= 11 is 0. The number of ether oxygens (including phenoxy) is 2. The van der Waals surface area contributed by atoms with Gasteiger partial charge in [-0.15, -0.1) is 0 Å². The molecule has 1 saturated heterocycles. The minimum Gasteiger partial charge on any atom is -0.444 e. The van der Waals surface area contributed by atoms with Gasteiger partial charge in [0.2, 0.25) is 0 Å². The van der Waals surface area contributed by atoms with E-state index >= 15 is 0 Å². The van der Waals surface area contributed by atoms with Gasteiger partial charge in [0, 0.05) is 31.7 Å². The van der Waals surface area contributed by atoms with Gasteiger partial charge in [0.15, 0.2) is 0 Å². The standard InChI is InChI=1S/C17H35N3O3/c1-6-20(16(21)23-17(3,4)5)10-7-8-18-14(2)12-15-13-22-11-9-19-15/h14-15,18-19H,6-13H2,1-5H3. The fourth-order valence-corrected chi connectivity index (χ4v) is 2.60. The maximum Gasteiger partial charge on any atom is 0.410 e. The van der Waals surface area contributed by atoms with Gasteiger partial charge < -0.3 is 25.0 Å². The first kappa shape index (κ1) is 20.2. The molecule has 0 aromatic rings. The summed E-state index contributed by atoms with van der Waals surface area (Å²) in [5, 5.41) is 6.99. The van der Waals surface area contributed by atoms with E-state index in [-0.39, 0.29) is 6.09 Å². The Balaban J connectivity index is 2.17. The number of carbonyl (C=O) groups is 1. The third kappa shape index (κ3) is 9.13. The SMILES string of the molecule is CCN(CCCNC(C)CC1COCCN1)C(=O)OC(C)(C)C. The van der Waals surface area contributed by atoms with Crippen LogP contribution in [0.1, 0.15) is 47.5 Å². The number of nitrogens with one attached hydrogen (secondary N) is 2. The van der Waals surface area contributed by atoms with Crippen LogP contribution in [0.15, 0.2) is 0 Å². The molecule has 136 valence electrons. The molecule has 0 saturated carbocycles. The first-order valence-electron chi connectivity index (χ1n) is 8.84. The van der Waals surface area contributed by atoms with Gasteiger partial charge in [-0.3, -0.25) is 0 Å². The van der Waals surface area contributed by atoms with E-state index in [1.165, 1.54) is 0 Å². The van der Waals surface area contributed by atoms with Crippen molar-refractivity contribution in [2.75, 3.05) is 39.4 Å². The molecule has 1 amide bonds. The van der Waals surface area contributed by atoms with Crippen molar-refractivity contribution in [3.63, 3.8) is 0 Å². The number of rotatable bonds is 8. The van der Waals surface area contributed by atoms with Gasteiger partial charge >= 0.3 is 6.09 Å². The largest absolute Gasteiger partial charge is 0.444 e. The second-order valence-corrected chi connectivity index (χ2v) is 7.23.